The van der Waals surface area contributed by atoms with E-state index in [2.05, 4.69) is 15.6 Å². The lowest BCUT2D eigenvalue weighted by molar-refractivity contribution is 0.114. The fourth-order valence-corrected chi connectivity index (χ4v) is 1.80. The van der Waals surface area contributed by atoms with E-state index in [0.717, 1.165) is 31.6 Å². The number of nitrogens with zero attached hydrogens (tertiary/aromatic N) is 1. The van der Waals surface area contributed by atoms with E-state index in [9.17, 15) is 0 Å². The highest BCUT2D eigenvalue weighted by Gasteiger charge is 2.21. The van der Waals surface area contributed by atoms with E-state index in [1.807, 2.05) is 7.05 Å². The van der Waals surface area contributed by atoms with Crippen molar-refractivity contribution in [1.82, 2.24) is 10.6 Å². The highest BCUT2D eigenvalue weighted by atomic mass is 16.5. The maximum absolute atomic E-state index is 5.54. The fourth-order valence-electron chi connectivity index (χ4n) is 1.80. The van der Waals surface area contributed by atoms with Gasteiger partial charge in [0.1, 0.15) is 0 Å². The van der Waals surface area contributed by atoms with Crippen LogP contribution in [0.1, 0.15) is 25.7 Å². The molecule has 0 aromatic heterocycles. The molecule has 2 aliphatic rings. The molecule has 0 aromatic rings. The van der Waals surface area contributed by atoms with E-state index >= 15 is 0 Å². The monoisotopic (exact) mass is 211 g/mol. The van der Waals surface area contributed by atoms with Gasteiger partial charge in [0.25, 0.3) is 0 Å². The van der Waals surface area contributed by atoms with Gasteiger partial charge >= 0.3 is 0 Å². The van der Waals surface area contributed by atoms with Crippen LogP contribution in [0.2, 0.25) is 0 Å². The lowest BCUT2D eigenvalue weighted by Crippen LogP contribution is -2.41. The summed E-state index contributed by atoms with van der Waals surface area (Å²) in [4.78, 5) is 4.19. The van der Waals surface area contributed by atoms with E-state index in [4.69, 9.17) is 4.74 Å². The minimum absolute atomic E-state index is 0.379. The lowest BCUT2D eigenvalue weighted by Gasteiger charge is -2.14. The molecule has 1 atom stereocenters. The molecule has 1 saturated heterocycles. The Morgan fingerprint density at radius 3 is 2.67 bits per heavy atom. The Morgan fingerprint density at radius 2 is 2.07 bits per heavy atom. The first-order valence-corrected chi connectivity index (χ1v) is 5.94. The Bertz CT molecular complexity index is 220. The summed E-state index contributed by atoms with van der Waals surface area (Å²) in [5, 5.41) is 6.65. The summed E-state index contributed by atoms with van der Waals surface area (Å²) >= 11 is 0. The SMILES string of the molecule is CN=C(NCC1CC1)NCC1CCCO1. The highest BCUT2D eigenvalue weighted by Crippen LogP contribution is 2.27. The standard InChI is InChI=1S/C11H21N3O/c1-12-11(13-7-9-4-5-9)14-8-10-3-2-6-15-10/h9-10H,2-8H2,1H3,(H2,12,13,14). The molecule has 0 bridgehead atoms. The van der Waals surface area contributed by atoms with Gasteiger partial charge in [0.2, 0.25) is 0 Å². The van der Waals surface area contributed by atoms with Crippen molar-refractivity contribution >= 4 is 5.96 Å². The van der Waals surface area contributed by atoms with Gasteiger partial charge in [0, 0.05) is 26.7 Å². The smallest absolute Gasteiger partial charge is 0.191 e. The summed E-state index contributed by atoms with van der Waals surface area (Å²) in [5.74, 6) is 1.80. The Kier molecular flexibility index (Phi) is 3.83. The number of ether oxygens (including phenoxy) is 1. The van der Waals surface area contributed by atoms with Crippen molar-refractivity contribution in [2.24, 2.45) is 10.9 Å². The molecule has 1 aliphatic carbocycles. The third-order valence-electron chi connectivity index (χ3n) is 3.00. The molecule has 4 heteroatoms. The Labute approximate surface area is 91.5 Å². The molecule has 1 unspecified atom stereocenters. The fraction of sp³-hybridized carbons (Fsp3) is 0.909. The predicted molar refractivity (Wildman–Crippen MR) is 61.1 cm³/mol. The van der Waals surface area contributed by atoms with Gasteiger partial charge in [0.05, 0.1) is 6.10 Å². The number of guanidine groups is 1. The summed E-state index contributed by atoms with van der Waals surface area (Å²) < 4.78 is 5.54. The average molecular weight is 211 g/mol. The van der Waals surface area contributed by atoms with Crippen molar-refractivity contribution < 1.29 is 4.74 Å². The highest BCUT2D eigenvalue weighted by molar-refractivity contribution is 5.79. The number of hydrogen-bond acceptors (Lipinski definition) is 2. The van der Waals surface area contributed by atoms with Crippen molar-refractivity contribution in [3.8, 4) is 0 Å². The van der Waals surface area contributed by atoms with E-state index in [0.29, 0.717) is 6.10 Å². The zero-order chi connectivity index (χ0) is 10.5. The van der Waals surface area contributed by atoms with Crippen LogP contribution in [0.4, 0.5) is 0 Å². The Morgan fingerprint density at radius 1 is 1.27 bits per heavy atom. The zero-order valence-corrected chi connectivity index (χ0v) is 9.46. The second kappa shape index (κ2) is 5.35. The average Bonchev–Trinajstić information content (AvgIpc) is 2.94. The third kappa shape index (κ3) is 3.70. The number of nitrogens with one attached hydrogen (secondary N) is 2. The molecule has 0 amide bonds. The third-order valence-corrected chi connectivity index (χ3v) is 3.00. The summed E-state index contributed by atoms with van der Waals surface area (Å²) in [6, 6.07) is 0. The van der Waals surface area contributed by atoms with Gasteiger partial charge in [-0.15, -0.1) is 0 Å². The molecule has 15 heavy (non-hydrogen) atoms. The molecule has 86 valence electrons. The van der Waals surface area contributed by atoms with Crippen molar-refractivity contribution in [1.29, 1.82) is 0 Å². The van der Waals surface area contributed by atoms with Gasteiger partial charge in [-0.3, -0.25) is 4.99 Å². The minimum atomic E-state index is 0.379. The first-order chi connectivity index (χ1) is 7.38. The van der Waals surface area contributed by atoms with Crippen molar-refractivity contribution in [3.63, 3.8) is 0 Å². The molecule has 2 N–H and O–H groups in total. The Balaban J connectivity index is 1.61. The van der Waals surface area contributed by atoms with Crippen LogP contribution in [0.15, 0.2) is 4.99 Å². The van der Waals surface area contributed by atoms with Crippen LogP contribution in [-0.2, 0) is 4.74 Å². The molecule has 0 radical (unpaired) electrons. The van der Waals surface area contributed by atoms with E-state index < -0.39 is 0 Å². The molecule has 2 rings (SSSR count). The quantitative estimate of drug-likeness (QED) is 0.532. The number of aliphatic imine (C=N–C) groups is 1. The molecule has 4 nitrogen and oxygen atoms in total. The summed E-state index contributed by atoms with van der Waals surface area (Å²) in [6.45, 7) is 2.86. The Hall–Kier alpha value is -0.770. The lowest BCUT2D eigenvalue weighted by atomic mass is 10.2. The van der Waals surface area contributed by atoms with Crippen molar-refractivity contribution in [2.75, 3.05) is 26.7 Å². The van der Waals surface area contributed by atoms with Crippen LogP contribution in [0.25, 0.3) is 0 Å². The van der Waals surface area contributed by atoms with E-state index in [1.54, 1.807) is 0 Å². The zero-order valence-electron chi connectivity index (χ0n) is 9.46. The van der Waals surface area contributed by atoms with E-state index in [1.165, 1.54) is 25.7 Å². The van der Waals surface area contributed by atoms with Gasteiger partial charge in [-0.1, -0.05) is 0 Å². The van der Waals surface area contributed by atoms with Gasteiger partial charge in [0.15, 0.2) is 5.96 Å². The molecular formula is C11H21N3O. The van der Waals surface area contributed by atoms with Gasteiger partial charge in [-0.05, 0) is 31.6 Å². The first kappa shape index (κ1) is 10.7. The van der Waals surface area contributed by atoms with Crippen LogP contribution in [0.5, 0.6) is 0 Å². The molecule has 1 heterocycles. The number of hydrogen-bond donors (Lipinski definition) is 2. The van der Waals surface area contributed by atoms with Crippen molar-refractivity contribution in [3.05, 3.63) is 0 Å². The maximum atomic E-state index is 5.54. The molecular weight excluding hydrogens is 190 g/mol. The van der Waals surface area contributed by atoms with Crippen LogP contribution in [0, 0.1) is 5.92 Å². The van der Waals surface area contributed by atoms with Gasteiger partial charge in [-0.2, -0.15) is 0 Å². The largest absolute Gasteiger partial charge is 0.376 e. The van der Waals surface area contributed by atoms with Gasteiger partial charge < -0.3 is 15.4 Å². The second-order valence-corrected chi connectivity index (χ2v) is 4.41. The van der Waals surface area contributed by atoms with Crippen LogP contribution < -0.4 is 10.6 Å². The molecule has 1 aliphatic heterocycles. The number of rotatable bonds is 4. The molecule has 2 fully saturated rings. The second-order valence-electron chi connectivity index (χ2n) is 4.41. The van der Waals surface area contributed by atoms with Crippen LogP contribution in [0.3, 0.4) is 0 Å². The normalized spacial score (nSPS) is 26.7. The summed E-state index contributed by atoms with van der Waals surface area (Å²) in [6.07, 6.45) is 5.49. The summed E-state index contributed by atoms with van der Waals surface area (Å²) in [7, 11) is 1.82. The van der Waals surface area contributed by atoms with E-state index in [-0.39, 0.29) is 0 Å². The maximum Gasteiger partial charge on any atom is 0.191 e. The molecule has 0 aromatic carbocycles. The molecule has 0 spiro atoms. The van der Waals surface area contributed by atoms with Gasteiger partial charge in [-0.25, -0.2) is 0 Å². The predicted octanol–water partition coefficient (Wildman–Crippen LogP) is 0.740. The van der Waals surface area contributed by atoms with Crippen LogP contribution in [-0.4, -0.2) is 38.8 Å². The van der Waals surface area contributed by atoms with Crippen LogP contribution >= 0.6 is 0 Å². The minimum Gasteiger partial charge on any atom is -0.376 e. The first-order valence-electron chi connectivity index (χ1n) is 5.94. The molecule has 1 saturated carbocycles. The van der Waals surface area contributed by atoms with Crippen molar-refractivity contribution in [2.45, 2.75) is 31.8 Å². The topological polar surface area (TPSA) is 45.7 Å². The summed E-state index contributed by atoms with van der Waals surface area (Å²) in [5.41, 5.74) is 0.